The van der Waals surface area contributed by atoms with Crippen LogP contribution in [0.15, 0.2) is 48.5 Å². The molecule has 2 nitrogen and oxygen atoms in total. The summed E-state index contributed by atoms with van der Waals surface area (Å²) in [6.45, 7) is 2.77. The Kier molecular flexibility index (Phi) is 6.09. The number of rotatable bonds is 7. The zero-order valence-corrected chi connectivity index (χ0v) is 13.4. The van der Waals surface area contributed by atoms with Gasteiger partial charge in [-0.3, -0.25) is 0 Å². The van der Waals surface area contributed by atoms with E-state index >= 15 is 0 Å². The highest BCUT2D eigenvalue weighted by atomic mass is 35.5. The Morgan fingerprint density at radius 2 is 1.90 bits per heavy atom. The second-order valence-corrected chi connectivity index (χ2v) is 5.54. The molecule has 1 atom stereocenters. The first kappa shape index (κ1) is 15.9. The van der Waals surface area contributed by atoms with Gasteiger partial charge in [0.2, 0.25) is 0 Å². The highest BCUT2D eigenvalue weighted by Crippen LogP contribution is 2.20. The molecule has 0 heterocycles. The van der Waals surface area contributed by atoms with Crippen molar-refractivity contribution < 1.29 is 4.74 Å². The van der Waals surface area contributed by atoms with Crippen molar-refractivity contribution in [3.63, 3.8) is 0 Å². The van der Waals surface area contributed by atoms with Gasteiger partial charge in [-0.2, -0.15) is 0 Å². The Labute approximate surface area is 132 Å². The maximum Gasteiger partial charge on any atom is 0.120 e. The van der Waals surface area contributed by atoms with Crippen molar-refractivity contribution in [1.82, 2.24) is 5.32 Å². The molecule has 0 amide bonds. The van der Waals surface area contributed by atoms with Crippen LogP contribution in [-0.4, -0.2) is 13.7 Å². The lowest BCUT2D eigenvalue weighted by Gasteiger charge is -2.18. The van der Waals surface area contributed by atoms with Crippen LogP contribution in [0.4, 0.5) is 0 Å². The van der Waals surface area contributed by atoms with Crippen LogP contribution in [-0.2, 0) is 6.42 Å². The Morgan fingerprint density at radius 3 is 2.52 bits per heavy atom. The Balaban J connectivity index is 1.99. The summed E-state index contributed by atoms with van der Waals surface area (Å²) in [5.41, 5.74) is 2.62. The fraction of sp³-hybridized carbons (Fsp3) is 0.333. The number of halogens is 1. The van der Waals surface area contributed by atoms with Gasteiger partial charge in [0, 0.05) is 5.02 Å². The number of benzene rings is 2. The summed E-state index contributed by atoms with van der Waals surface area (Å²) in [7, 11) is 1.95. The molecule has 1 unspecified atom stereocenters. The normalized spacial score (nSPS) is 12.1. The van der Waals surface area contributed by atoms with E-state index < -0.39 is 0 Å². The summed E-state index contributed by atoms with van der Waals surface area (Å²) in [4.78, 5) is 0. The van der Waals surface area contributed by atoms with Gasteiger partial charge in [-0.15, -0.1) is 0 Å². The lowest BCUT2D eigenvalue weighted by atomic mass is 10.0. The summed E-state index contributed by atoms with van der Waals surface area (Å²) >= 11 is 5.96. The minimum absolute atomic E-state index is 0.166. The number of nitrogens with one attached hydrogen (secondary N) is 1. The largest absolute Gasteiger partial charge is 0.492 e. The van der Waals surface area contributed by atoms with E-state index in [0.717, 1.165) is 12.2 Å². The van der Waals surface area contributed by atoms with Gasteiger partial charge >= 0.3 is 0 Å². The van der Waals surface area contributed by atoms with Crippen LogP contribution in [0.3, 0.4) is 0 Å². The minimum atomic E-state index is 0.166. The van der Waals surface area contributed by atoms with Crippen molar-refractivity contribution >= 4 is 11.6 Å². The molecule has 0 fully saturated rings. The second kappa shape index (κ2) is 8.06. The van der Waals surface area contributed by atoms with Crippen LogP contribution in [0, 0.1) is 0 Å². The third-order valence-electron chi connectivity index (χ3n) is 3.48. The Bertz CT molecular complexity index is 553. The molecule has 0 saturated heterocycles. The number of hydrogen-bond acceptors (Lipinski definition) is 2. The SMILES string of the molecule is CCCc1ccc(C(COc2cccc(Cl)c2)NC)cc1. The van der Waals surface area contributed by atoms with E-state index in [1.165, 1.54) is 17.5 Å². The number of hydrogen-bond donors (Lipinski definition) is 1. The van der Waals surface area contributed by atoms with Gasteiger partial charge in [0.05, 0.1) is 6.04 Å². The standard InChI is InChI=1S/C18H22ClNO/c1-3-5-14-8-10-15(11-9-14)18(20-2)13-21-17-7-4-6-16(19)12-17/h4,6-12,18,20H,3,5,13H2,1-2H3. The third kappa shape index (κ3) is 4.76. The van der Waals surface area contributed by atoms with Crippen LogP contribution in [0.2, 0.25) is 5.02 Å². The number of likely N-dealkylation sites (N-methyl/N-ethyl adjacent to an activating group) is 1. The fourth-order valence-electron chi connectivity index (χ4n) is 2.29. The van der Waals surface area contributed by atoms with Gasteiger partial charge in [-0.25, -0.2) is 0 Å². The van der Waals surface area contributed by atoms with Crippen LogP contribution in [0.1, 0.15) is 30.5 Å². The fourth-order valence-corrected chi connectivity index (χ4v) is 2.47. The molecule has 2 aromatic carbocycles. The highest BCUT2D eigenvalue weighted by molar-refractivity contribution is 6.30. The van der Waals surface area contributed by atoms with E-state index in [1.54, 1.807) is 0 Å². The minimum Gasteiger partial charge on any atom is -0.492 e. The van der Waals surface area contributed by atoms with Gasteiger partial charge in [-0.1, -0.05) is 55.3 Å². The van der Waals surface area contributed by atoms with Gasteiger partial charge in [0.15, 0.2) is 0 Å². The molecule has 1 N–H and O–H groups in total. The van der Waals surface area contributed by atoms with E-state index in [0.29, 0.717) is 11.6 Å². The van der Waals surface area contributed by atoms with Crippen molar-refractivity contribution in [2.75, 3.05) is 13.7 Å². The maximum absolute atomic E-state index is 5.96. The quantitative estimate of drug-likeness (QED) is 0.805. The number of ether oxygens (including phenoxy) is 1. The molecule has 0 radical (unpaired) electrons. The van der Waals surface area contributed by atoms with E-state index in [1.807, 2.05) is 31.3 Å². The summed E-state index contributed by atoms with van der Waals surface area (Å²) in [5.74, 6) is 0.797. The van der Waals surface area contributed by atoms with Crippen molar-refractivity contribution in [3.05, 3.63) is 64.7 Å². The summed E-state index contributed by atoms with van der Waals surface area (Å²) in [6.07, 6.45) is 2.30. The lowest BCUT2D eigenvalue weighted by Crippen LogP contribution is -2.23. The smallest absolute Gasteiger partial charge is 0.120 e. The van der Waals surface area contributed by atoms with Crippen LogP contribution < -0.4 is 10.1 Å². The maximum atomic E-state index is 5.96. The third-order valence-corrected chi connectivity index (χ3v) is 3.72. The molecule has 0 aliphatic heterocycles. The molecule has 21 heavy (non-hydrogen) atoms. The monoisotopic (exact) mass is 303 g/mol. The van der Waals surface area contributed by atoms with E-state index in [-0.39, 0.29) is 6.04 Å². The van der Waals surface area contributed by atoms with Gasteiger partial charge in [0.25, 0.3) is 0 Å². The van der Waals surface area contributed by atoms with Crippen molar-refractivity contribution in [3.8, 4) is 5.75 Å². The molecule has 0 aromatic heterocycles. The molecule has 0 spiro atoms. The highest BCUT2D eigenvalue weighted by Gasteiger charge is 2.10. The first-order chi connectivity index (χ1) is 10.2. The summed E-state index contributed by atoms with van der Waals surface area (Å²) in [6, 6.07) is 16.4. The summed E-state index contributed by atoms with van der Waals surface area (Å²) in [5, 5.41) is 3.99. The lowest BCUT2D eigenvalue weighted by molar-refractivity contribution is 0.273. The van der Waals surface area contributed by atoms with E-state index in [2.05, 4.69) is 36.5 Å². The number of aryl methyl sites for hydroxylation is 1. The average molecular weight is 304 g/mol. The van der Waals surface area contributed by atoms with Crippen LogP contribution in [0.5, 0.6) is 5.75 Å². The summed E-state index contributed by atoms with van der Waals surface area (Å²) < 4.78 is 5.83. The van der Waals surface area contributed by atoms with Gasteiger partial charge in [0.1, 0.15) is 12.4 Å². The molecule has 0 saturated carbocycles. The van der Waals surface area contributed by atoms with Gasteiger partial charge in [-0.05, 0) is 42.8 Å². The van der Waals surface area contributed by atoms with Crippen molar-refractivity contribution in [1.29, 1.82) is 0 Å². The Morgan fingerprint density at radius 1 is 1.14 bits per heavy atom. The zero-order valence-electron chi connectivity index (χ0n) is 12.6. The van der Waals surface area contributed by atoms with E-state index in [9.17, 15) is 0 Å². The van der Waals surface area contributed by atoms with Gasteiger partial charge < -0.3 is 10.1 Å². The van der Waals surface area contributed by atoms with Crippen LogP contribution >= 0.6 is 11.6 Å². The first-order valence-electron chi connectivity index (χ1n) is 7.37. The molecule has 0 aliphatic rings. The molecule has 112 valence electrons. The predicted octanol–water partition coefficient (Wildman–Crippen LogP) is 4.63. The molecule has 0 bridgehead atoms. The molecular weight excluding hydrogens is 282 g/mol. The topological polar surface area (TPSA) is 21.3 Å². The molecule has 2 rings (SSSR count). The molecule has 3 heteroatoms. The predicted molar refractivity (Wildman–Crippen MR) is 89.2 cm³/mol. The average Bonchev–Trinajstić information content (AvgIpc) is 2.50. The molecule has 0 aliphatic carbocycles. The van der Waals surface area contributed by atoms with Crippen molar-refractivity contribution in [2.45, 2.75) is 25.8 Å². The van der Waals surface area contributed by atoms with Crippen molar-refractivity contribution in [2.24, 2.45) is 0 Å². The molecule has 2 aromatic rings. The zero-order chi connectivity index (χ0) is 15.1. The van der Waals surface area contributed by atoms with E-state index in [4.69, 9.17) is 16.3 Å². The first-order valence-corrected chi connectivity index (χ1v) is 7.75. The van der Waals surface area contributed by atoms with Crippen LogP contribution in [0.25, 0.3) is 0 Å². The Hall–Kier alpha value is -1.51. The molecular formula is C18H22ClNO. The second-order valence-electron chi connectivity index (χ2n) is 5.10.